The van der Waals surface area contributed by atoms with Gasteiger partial charge in [-0.15, -0.1) is 5.92 Å². The van der Waals surface area contributed by atoms with Crippen molar-refractivity contribution in [2.24, 2.45) is 11.7 Å². The van der Waals surface area contributed by atoms with E-state index in [4.69, 9.17) is 15.2 Å². The Balaban J connectivity index is 2.97. The Kier molecular flexibility index (Phi) is 20.9. The van der Waals surface area contributed by atoms with Crippen LogP contribution in [-0.4, -0.2) is 64.2 Å². The van der Waals surface area contributed by atoms with E-state index < -0.39 is 54.0 Å². The van der Waals surface area contributed by atoms with E-state index in [0.29, 0.717) is 36.4 Å². The average Bonchev–Trinajstić information content (AvgIpc) is 3.03. The van der Waals surface area contributed by atoms with Crippen LogP contribution >= 0.6 is 0 Å². The van der Waals surface area contributed by atoms with Crippen LogP contribution in [0.1, 0.15) is 124 Å². The van der Waals surface area contributed by atoms with Crippen molar-refractivity contribution in [3.8, 4) is 17.6 Å². The molecule has 1 rings (SSSR count). The van der Waals surface area contributed by atoms with Crippen molar-refractivity contribution in [2.75, 3.05) is 13.2 Å². The molecule has 10 heteroatoms. The van der Waals surface area contributed by atoms with Crippen molar-refractivity contribution in [1.82, 2.24) is 5.32 Å². The number of aliphatic hydroxyl groups is 2. The van der Waals surface area contributed by atoms with E-state index in [2.05, 4.69) is 24.1 Å². The predicted octanol–water partition coefficient (Wildman–Crippen LogP) is 5.50. The fourth-order valence-corrected chi connectivity index (χ4v) is 5.24. The third-order valence-corrected chi connectivity index (χ3v) is 8.02. The zero-order chi connectivity index (χ0) is 36.7. The van der Waals surface area contributed by atoms with E-state index in [-0.39, 0.29) is 13.0 Å². The summed E-state index contributed by atoms with van der Waals surface area (Å²) in [6, 6.07) is 5.75. The van der Waals surface area contributed by atoms with E-state index in [1.165, 1.54) is 25.3 Å². The Hall–Kier alpha value is -3.68. The maximum absolute atomic E-state index is 13.8. The molecule has 0 aliphatic carbocycles. The molecule has 10 nitrogen and oxygen atoms in total. The number of primary amides is 1. The SMILES string of the molecule is CC#CCOc1ccc(C[C@H](NC(=O)[C@@H](C=CCCCCCCC(=O)CCCCCCC)[C@@](O)(CCO)C(=O)OC(C)(C)C)C(N)=O)cc1. The molecule has 0 aliphatic heterocycles. The third kappa shape index (κ3) is 18.0. The highest BCUT2D eigenvalue weighted by atomic mass is 16.6. The molecule has 0 heterocycles. The summed E-state index contributed by atoms with van der Waals surface area (Å²) in [5.74, 6) is 2.30. The number of rotatable bonds is 25. The first kappa shape index (κ1) is 43.3. The molecule has 274 valence electrons. The summed E-state index contributed by atoms with van der Waals surface area (Å²) in [7, 11) is 0. The highest BCUT2D eigenvalue weighted by Gasteiger charge is 2.49. The van der Waals surface area contributed by atoms with Crippen molar-refractivity contribution in [3.05, 3.63) is 42.0 Å². The summed E-state index contributed by atoms with van der Waals surface area (Å²) >= 11 is 0. The van der Waals surface area contributed by atoms with E-state index in [1.54, 1.807) is 58.0 Å². The topological polar surface area (TPSA) is 165 Å². The van der Waals surface area contributed by atoms with Crippen LogP contribution < -0.4 is 15.8 Å². The third-order valence-electron chi connectivity index (χ3n) is 8.02. The zero-order valence-electron chi connectivity index (χ0n) is 30.4. The van der Waals surface area contributed by atoms with Gasteiger partial charge in [-0.25, -0.2) is 4.79 Å². The highest BCUT2D eigenvalue weighted by molar-refractivity contribution is 5.94. The normalized spacial score (nSPS) is 13.9. The lowest BCUT2D eigenvalue weighted by Crippen LogP contribution is -2.57. The van der Waals surface area contributed by atoms with E-state index in [0.717, 1.165) is 38.5 Å². The number of hydrogen-bond donors (Lipinski definition) is 4. The number of carbonyl (C=O) groups excluding carboxylic acids is 4. The lowest BCUT2D eigenvalue weighted by Gasteiger charge is -2.34. The molecule has 1 aromatic carbocycles. The van der Waals surface area contributed by atoms with Crippen LogP contribution in [0.15, 0.2) is 36.4 Å². The van der Waals surface area contributed by atoms with Crippen molar-refractivity contribution >= 4 is 23.6 Å². The molecule has 0 spiro atoms. The van der Waals surface area contributed by atoms with Gasteiger partial charge in [-0.3, -0.25) is 14.4 Å². The molecule has 5 N–H and O–H groups in total. The number of benzene rings is 1. The van der Waals surface area contributed by atoms with Crippen molar-refractivity contribution < 1.29 is 38.9 Å². The van der Waals surface area contributed by atoms with E-state index in [9.17, 15) is 29.4 Å². The number of carbonyl (C=O) groups is 4. The summed E-state index contributed by atoms with van der Waals surface area (Å²) in [5.41, 5.74) is 2.97. The summed E-state index contributed by atoms with van der Waals surface area (Å²) < 4.78 is 11.0. The van der Waals surface area contributed by atoms with Gasteiger partial charge in [0.15, 0.2) is 5.60 Å². The molecule has 0 fully saturated rings. The van der Waals surface area contributed by atoms with Gasteiger partial charge >= 0.3 is 5.97 Å². The molecule has 0 saturated heterocycles. The van der Waals surface area contributed by atoms with Gasteiger partial charge in [0.2, 0.25) is 11.8 Å². The molecule has 0 bridgehead atoms. The summed E-state index contributed by atoms with van der Waals surface area (Å²) in [6.07, 6.45) is 13.5. The number of Topliss-reactive ketones (excluding diaryl/α,β-unsaturated/α-hetero) is 1. The smallest absolute Gasteiger partial charge is 0.339 e. The minimum atomic E-state index is -2.41. The minimum Gasteiger partial charge on any atom is -0.481 e. The van der Waals surface area contributed by atoms with Gasteiger partial charge in [-0.1, -0.05) is 75.7 Å². The van der Waals surface area contributed by atoms with Gasteiger partial charge in [0.1, 0.15) is 29.8 Å². The molecule has 2 amide bonds. The highest BCUT2D eigenvalue weighted by Crippen LogP contribution is 2.28. The maximum Gasteiger partial charge on any atom is 0.339 e. The van der Waals surface area contributed by atoms with Crippen LogP contribution in [-0.2, 0) is 30.3 Å². The molecule has 3 atom stereocenters. The summed E-state index contributed by atoms with van der Waals surface area (Å²) in [6.45, 7) is 8.42. The molecule has 49 heavy (non-hydrogen) atoms. The van der Waals surface area contributed by atoms with E-state index >= 15 is 0 Å². The molecule has 0 saturated carbocycles. The Bertz CT molecular complexity index is 1240. The number of esters is 1. The molecule has 0 radical (unpaired) electrons. The second-order valence-electron chi connectivity index (χ2n) is 13.5. The number of unbranched alkanes of at least 4 members (excludes halogenated alkanes) is 8. The van der Waals surface area contributed by atoms with Gasteiger partial charge in [0.05, 0.1) is 5.92 Å². The van der Waals surface area contributed by atoms with Crippen molar-refractivity contribution in [3.63, 3.8) is 0 Å². The Morgan fingerprint density at radius 2 is 1.57 bits per heavy atom. The number of nitrogens with two attached hydrogens (primary N) is 1. The maximum atomic E-state index is 13.8. The zero-order valence-corrected chi connectivity index (χ0v) is 30.4. The average molecular weight is 685 g/mol. The van der Waals surface area contributed by atoms with Gasteiger partial charge in [-0.05, 0) is 71.1 Å². The van der Waals surface area contributed by atoms with Crippen LogP contribution in [0, 0.1) is 17.8 Å². The molecule has 1 aromatic rings. The monoisotopic (exact) mass is 684 g/mol. The molecular weight excluding hydrogens is 624 g/mol. The number of amides is 2. The van der Waals surface area contributed by atoms with Crippen LogP contribution in [0.2, 0.25) is 0 Å². The Morgan fingerprint density at radius 1 is 0.959 bits per heavy atom. The molecule has 0 aliphatic rings. The number of hydrogen-bond acceptors (Lipinski definition) is 8. The molecular formula is C39H60N2O8. The lowest BCUT2D eigenvalue weighted by atomic mass is 9.82. The predicted molar refractivity (Wildman–Crippen MR) is 191 cm³/mol. The quantitative estimate of drug-likeness (QED) is 0.0454. The largest absolute Gasteiger partial charge is 0.481 e. The number of ether oxygens (including phenoxy) is 2. The van der Waals surface area contributed by atoms with Gasteiger partial charge in [0.25, 0.3) is 0 Å². The number of ketones is 1. The molecule has 0 unspecified atom stereocenters. The Labute approximate surface area is 293 Å². The van der Waals surface area contributed by atoms with Gasteiger partial charge < -0.3 is 30.7 Å². The van der Waals surface area contributed by atoms with Crippen LogP contribution in [0.5, 0.6) is 5.75 Å². The fourth-order valence-electron chi connectivity index (χ4n) is 5.24. The number of nitrogens with one attached hydrogen (secondary N) is 1. The van der Waals surface area contributed by atoms with Crippen LogP contribution in [0.25, 0.3) is 0 Å². The van der Waals surface area contributed by atoms with Crippen molar-refractivity contribution in [2.45, 2.75) is 142 Å². The minimum absolute atomic E-state index is 0.0543. The van der Waals surface area contributed by atoms with E-state index in [1.807, 2.05) is 0 Å². The second kappa shape index (κ2) is 23.6. The van der Waals surface area contributed by atoms with Crippen molar-refractivity contribution in [1.29, 1.82) is 0 Å². The lowest BCUT2D eigenvalue weighted by molar-refractivity contribution is -0.185. The summed E-state index contributed by atoms with van der Waals surface area (Å²) in [5, 5.41) is 24.1. The summed E-state index contributed by atoms with van der Waals surface area (Å²) in [4.78, 5) is 51.6. The first-order valence-corrected chi connectivity index (χ1v) is 17.7. The Morgan fingerprint density at radius 3 is 2.12 bits per heavy atom. The first-order valence-electron chi connectivity index (χ1n) is 17.7. The van der Waals surface area contributed by atoms with Crippen LogP contribution in [0.3, 0.4) is 0 Å². The fraction of sp³-hybridized carbons (Fsp3) is 0.641. The van der Waals surface area contributed by atoms with Gasteiger partial charge in [0, 0.05) is 32.3 Å². The molecule has 0 aromatic heterocycles. The standard InChI is InChI=1S/C39H60N2O8/c1-6-8-10-13-16-19-31(43)20-17-14-11-12-15-18-21-33(39(47,26-27-42)37(46)49-38(3,4)5)36(45)41-34(35(40)44)29-30-22-24-32(25-23-30)48-28-9-7-2/h18,21-25,33-34,42,47H,6,8,10-17,19-20,26-29H2,1-5H3,(H2,40,44)(H,41,45)/t33-,34+,39+/m1/s1. The van der Waals surface area contributed by atoms with Crippen LogP contribution in [0.4, 0.5) is 0 Å². The number of aliphatic hydroxyl groups excluding tert-OH is 1. The first-order chi connectivity index (χ1) is 23.3. The second-order valence-corrected chi connectivity index (χ2v) is 13.5. The van der Waals surface area contributed by atoms with Gasteiger partial charge in [-0.2, -0.15) is 0 Å². The number of allylic oxidation sites excluding steroid dienone is 1.